The van der Waals surface area contributed by atoms with Crippen molar-refractivity contribution in [1.29, 1.82) is 0 Å². The second kappa shape index (κ2) is 4.92. The van der Waals surface area contributed by atoms with Gasteiger partial charge in [-0.05, 0) is 13.0 Å². The molecule has 0 aliphatic rings. The maximum atomic E-state index is 13.4. The highest BCUT2D eigenvalue weighted by atomic mass is 35.5. The number of aliphatic hydroxyl groups excluding tert-OH is 1. The summed E-state index contributed by atoms with van der Waals surface area (Å²) in [5.41, 5.74) is -0.123. The molecular formula is C11H14ClFO3S. The molecule has 0 heterocycles. The monoisotopic (exact) mass is 280 g/mol. The zero-order valence-electron chi connectivity index (χ0n) is 9.52. The lowest BCUT2D eigenvalue weighted by molar-refractivity contribution is 0.158. The van der Waals surface area contributed by atoms with E-state index >= 15 is 0 Å². The van der Waals surface area contributed by atoms with E-state index in [0.717, 1.165) is 6.07 Å². The molecule has 1 aromatic rings. The van der Waals surface area contributed by atoms with Gasteiger partial charge in [-0.3, -0.25) is 0 Å². The van der Waals surface area contributed by atoms with E-state index in [-0.39, 0.29) is 11.3 Å². The maximum absolute atomic E-state index is 13.4. The van der Waals surface area contributed by atoms with Gasteiger partial charge in [0.1, 0.15) is 11.9 Å². The van der Waals surface area contributed by atoms with Gasteiger partial charge < -0.3 is 5.11 Å². The van der Waals surface area contributed by atoms with Crippen LogP contribution in [0.15, 0.2) is 24.3 Å². The van der Waals surface area contributed by atoms with E-state index in [0.29, 0.717) is 0 Å². The van der Waals surface area contributed by atoms with Crippen LogP contribution in [-0.4, -0.2) is 23.5 Å². The number of hydrogen-bond donors (Lipinski definition) is 1. The van der Waals surface area contributed by atoms with Crippen LogP contribution in [0.1, 0.15) is 25.5 Å². The molecule has 0 amide bonds. The fourth-order valence-corrected chi connectivity index (χ4v) is 2.90. The molecular weight excluding hydrogens is 267 g/mol. The molecule has 0 aliphatic carbocycles. The van der Waals surface area contributed by atoms with Crippen molar-refractivity contribution in [3.8, 4) is 0 Å². The summed E-state index contributed by atoms with van der Waals surface area (Å²) in [7, 11) is -3.71. The molecule has 0 fully saturated rings. The first-order chi connectivity index (χ1) is 7.74. The highest BCUT2D eigenvalue weighted by Gasteiger charge is 2.44. The molecule has 0 unspecified atom stereocenters. The lowest BCUT2D eigenvalue weighted by Crippen LogP contribution is -2.37. The molecule has 0 saturated heterocycles. The van der Waals surface area contributed by atoms with E-state index in [4.69, 9.17) is 11.6 Å². The van der Waals surface area contributed by atoms with Crippen molar-refractivity contribution in [2.45, 2.75) is 24.2 Å². The first-order valence-corrected chi connectivity index (χ1v) is 7.10. The van der Waals surface area contributed by atoms with Crippen LogP contribution in [0.5, 0.6) is 0 Å². The SMILES string of the molecule is CCS(=O)(=O)[C@@](C)(Cl)[C@H](O)c1ccccc1F. The van der Waals surface area contributed by atoms with Crippen molar-refractivity contribution in [3.63, 3.8) is 0 Å². The van der Waals surface area contributed by atoms with Gasteiger partial charge in [0.15, 0.2) is 14.0 Å². The molecule has 0 saturated carbocycles. The Bertz CT molecular complexity index is 499. The quantitative estimate of drug-likeness (QED) is 0.861. The van der Waals surface area contributed by atoms with Gasteiger partial charge in [0.05, 0.1) is 0 Å². The van der Waals surface area contributed by atoms with Gasteiger partial charge in [-0.1, -0.05) is 36.7 Å². The van der Waals surface area contributed by atoms with E-state index in [1.165, 1.54) is 32.0 Å². The van der Waals surface area contributed by atoms with Crippen LogP contribution in [0.3, 0.4) is 0 Å². The van der Waals surface area contributed by atoms with Crippen LogP contribution < -0.4 is 0 Å². The molecule has 0 spiro atoms. The van der Waals surface area contributed by atoms with Gasteiger partial charge in [-0.2, -0.15) is 0 Å². The molecule has 1 N–H and O–H groups in total. The van der Waals surface area contributed by atoms with Crippen molar-refractivity contribution in [2.24, 2.45) is 0 Å². The summed E-state index contributed by atoms with van der Waals surface area (Å²) < 4.78 is 35.0. The number of rotatable bonds is 4. The lowest BCUT2D eigenvalue weighted by atomic mass is 10.1. The molecule has 0 aromatic heterocycles. The Kier molecular flexibility index (Phi) is 4.17. The van der Waals surface area contributed by atoms with E-state index < -0.39 is 26.0 Å². The standard InChI is InChI=1S/C11H14ClFO3S/c1-3-17(15,16)11(2,12)10(14)8-6-4-5-7-9(8)13/h4-7,10,14H,3H2,1-2H3/t10-,11-/m1/s1. The van der Waals surface area contributed by atoms with Crippen molar-refractivity contribution >= 4 is 21.4 Å². The molecule has 6 heteroatoms. The number of sulfone groups is 1. The summed E-state index contributed by atoms with van der Waals surface area (Å²) in [6.07, 6.45) is -1.62. The zero-order valence-corrected chi connectivity index (χ0v) is 11.1. The molecule has 1 rings (SSSR count). The molecule has 3 nitrogen and oxygen atoms in total. The van der Waals surface area contributed by atoms with Crippen molar-refractivity contribution in [2.75, 3.05) is 5.75 Å². The Morgan fingerprint density at radius 1 is 1.47 bits per heavy atom. The zero-order chi connectivity index (χ0) is 13.3. The largest absolute Gasteiger partial charge is 0.385 e. The van der Waals surface area contributed by atoms with Crippen LogP contribution in [0.25, 0.3) is 0 Å². The van der Waals surface area contributed by atoms with Gasteiger partial charge >= 0.3 is 0 Å². The Hall–Kier alpha value is -0.650. The molecule has 96 valence electrons. The van der Waals surface area contributed by atoms with Crippen molar-refractivity contribution in [3.05, 3.63) is 35.6 Å². The predicted molar refractivity (Wildman–Crippen MR) is 65.1 cm³/mol. The number of hydrogen-bond acceptors (Lipinski definition) is 3. The summed E-state index contributed by atoms with van der Waals surface area (Å²) >= 11 is 5.88. The van der Waals surface area contributed by atoms with E-state index in [9.17, 15) is 17.9 Å². The fraction of sp³-hybridized carbons (Fsp3) is 0.455. The third-order valence-electron chi connectivity index (χ3n) is 2.68. The maximum Gasteiger partial charge on any atom is 0.172 e. The molecule has 0 radical (unpaired) electrons. The number of alkyl halides is 1. The number of halogens is 2. The van der Waals surface area contributed by atoms with Crippen LogP contribution in [0.4, 0.5) is 4.39 Å². The first-order valence-electron chi connectivity index (χ1n) is 5.07. The third-order valence-corrected chi connectivity index (χ3v) is 5.79. The molecule has 17 heavy (non-hydrogen) atoms. The molecule has 0 bridgehead atoms. The first kappa shape index (κ1) is 14.4. The van der Waals surface area contributed by atoms with Crippen LogP contribution in [-0.2, 0) is 9.84 Å². The third kappa shape index (κ3) is 2.61. The van der Waals surface area contributed by atoms with Crippen molar-refractivity contribution in [1.82, 2.24) is 0 Å². The highest BCUT2D eigenvalue weighted by Crippen LogP contribution is 2.37. The highest BCUT2D eigenvalue weighted by molar-refractivity contribution is 7.94. The Labute approximate surface area is 105 Å². The lowest BCUT2D eigenvalue weighted by Gasteiger charge is -2.27. The van der Waals surface area contributed by atoms with E-state index in [1.54, 1.807) is 0 Å². The Balaban J connectivity index is 3.23. The molecule has 2 atom stereocenters. The summed E-state index contributed by atoms with van der Waals surface area (Å²) in [4.78, 5) is 0. The summed E-state index contributed by atoms with van der Waals surface area (Å²) in [5, 5.41) is 9.94. The van der Waals surface area contributed by atoms with Gasteiger partial charge in [0, 0.05) is 11.3 Å². The minimum absolute atomic E-state index is 0.123. The summed E-state index contributed by atoms with van der Waals surface area (Å²) in [5.74, 6) is -0.906. The van der Waals surface area contributed by atoms with E-state index in [1.807, 2.05) is 0 Å². The number of benzene rings is 1. The topological polar surface area (TPSA) is 54.4 Å². The van der Waals surface area contributed by atoms with Gasteiger partial charge in [0.2, 0.25) is 0 Å². The predicted octanol–water partition coefficient (Wildman–Crippen LogP) is 2.25. The average molecular weight is 281 g/mol. The Morgan fingerprint density at radius 3 is 2.47 bits per heavy atom. The fourth-order valence-electron chi connectivity index (χ4n) is 1.43. The summed E-state index contributed by atoms with van der Waals surface area (Å²) in [6.45, 7) is 2.59. The second-order valence-corrected chi connectivity index (χ2v) is 7.48. The molecule has 0 aliphatic heterocycles. The second-order valence-electron chi connectivity index (χ2n) is 3.81. The van der Waals surface area contributed by atoms with Crippen LogP contribution in [0, 0.1) is 5.82 Å². The van der Waals surface area contributed by atoms with Crippen molar-refractivity contribution < 1.29 is 17.9 Å². The normalized spacial score (nSPS) is 17.5. The molecule has 1 aromatic carbocycles. The van der Waals surface area contributed by atoms with Crippen LogP contribution in [0.2, 0.25) is 0 Å². The van der Waals surface area contributed by atoms with Gasteiger partial charge in [-0.15, -0.1) is 0 Å². The Morgan fingerprint density at radius 2 is 2.00 bits per heavy atom. The minimum Gasteiger partial charge on any atom is -0.385 e. The average Bonchev–Trinajstić information content (AvgIpc) is 2.28. The van der Waals surface area contributed by atoms with Gasteiger partial charge in [0.25, 0.3) is 0 Å². The van der Waals surface area contributed by atoms with Gasteiger partial charge in [-0.25, -0.2) is 12.8 Å². The van der Waals surface area contributed by atoms with E-state index in [2.05, 4.69) is 0 Å². The number of aliphatic hydroxyl groups is 1. The minimum atomic E-state index is -3.71. The summed E-state index contributed by atoms with van der Waals surface area (Å²) in [6, 6.07) is 5.41. The smallest absolute Gasteiger partial charge is 0.172 e. The van der Waals surface area contributed by atoms with Crippen LogP contribution >= 0.6 is 11.6 Å².